The molecular weight excluding hydrogens is 394 g/mol. The molecule has 0 atom stereocenters. The fourth-order valence-corrected chi connectivity index (χ4v) is 3.47. The topological polar surface area (TPSA) is 105 Å². The van der Waals surface area contributed by atoms with E-state index in [0.29, 0.717) is 17.0 Å². The van der Waals surface area contributed by atoms with Gasteiger partial charge in [0, 0.05) is 6.92 Å². The molecule has 154 valence electrons. The molecule has 2 aromatic rings. The third kappa shape index (κ3) is 7.04. The van der Waals surface area contributed by atoms with E-state index in [-0.39, 0.29) is 0 Å². The molecule has 0 aliphatic carbocycles. The smallest absolute Gasteiger partial charge is 0.308 e. The number of aryl methyl sites for hydroxylation is 2. The lowest BCUT2D eigenvalue weighted by Crippen LogP contribution is -2.39. The van der Waals surface area contributed by atoms with Crippen LogP contribution in [-0.4, -0.2) is 39.3 Å². The van der Waals surface area contributed by atoms with E-state index in [2.05, 4.69) is 10.5 Å². The van der Waals surface area contributed by atoms with Crippen LogP contribution >= 0.6 is 0 Å². The Morgan fingerprint density at radius 2 is 1.69 bits per heavy atom. The molecule has 1 amide bonds. The molecule has 0 aliphatic heterocycles. The molecule has 0 unspecified atom stereocenters. The molecular formula is C20H23N3O5S. The van der Waals surface area contributed by atoms with Gasteiger partial charge in [-0.1, -0.05) is 6.07 Å². The summed E-state index contributed by atoms with van der Waals surface area (Å²) in [5.41, 5.74) is 5.19. The summed E-state index contributed by atoms with van der Waals surface area (Å²) in [5, 5.41) is 3.84. The quantitative estimate of drug-likeness (QED) is 0.322. The van der Waals surface area contributed by atoms with E-state index in [4.69, 9.17) is 4.74 Å². The third-order valence-electron chi connectivity index (χ3n) is 3.73. The van der Waals surface area contributed by atoms with Crippen molar-refractivity contribution in [2.24, 2.45) is 5.10 Å². The maximum Gasteiger partial charge on any atom is 0.308 e. The minimum Gasteiger partial charge on any atom is -0.427 e. The lowest BCUT2D eigenvalue weighted by molar-refractivity contribution is -0.131. The van der Waals surface area contributed by atoms with Crippen molar-refractivity contribution in [1.29, 1.82) is 0 Å². The lowest BCUT2D eigenvalue weighted by Gasteiger charge is -2.22. The summed E-state index contributed by atoms with van der Waals surface area (Å²) in [4.78, 5) is 23.1. The first-order valence-electron chi connectivity index (χ1n) is 8.71. The van der Waals surface area contributed by atoms with Gasteiger partial charge in [-0.25, -0.2) is 13.8 Å². The number of hydrazone groups is 1. The predicted octanol–water partition coefficient (Wildman–Crippen LogP) is 2.15. The number of hydrogen-bond donors (Lipinski definition) is 1. The van der Waals surface area contributed by atoms with Gasteiger partial charge in [-0.15, -0.1) is 0 Å². The van der Waals surface area contributed by atoms with Crippen LogP contribution in [0.5, 0.6) is 5.75 Å². The molecule has 1 N–H and O–H groups in total. The first kappa shape index (κ1) is 22.1. The second kappa shape index (κ2) is 9.33. The number of hydrogen-bond acceptors (Lipinski definition) is 6. The number of rotatable bonds is 7. The van der Waals surface area contributed by atoms with Crippen LogP contribution in [-0.2, 0) is 19.6 Å². The van der Waals surface area contributed by atoms with Gasteiger partial charge in [-0.05, 0) is 66.9 Å². The number of ether oxygens (including phenoxy) is 1. The minimum atomic E-state index is -3.66. The summed E-state index contributed by atoms with van der Waals surface area (Å²) in [7, 11) is -3.66. The van der Waals surface area contributed by atoms with Crippen LogP contribution in [0.25, 0.3) is 0 Å². The van der Waals surface area contributed by atoms with E-state index < -0.39 is 28.4 Å². The van der Waals surface area contributed by atoms with E-state index in [0.717, 1.165) is 21.7 Å². The highest BCUT2D eigenvalue weighted by Crippen LogP contribution is 2.21. The molecule has 0 bridgehead atoms. The van der Waals surface area contributed by atoms with Gasteiger partial charge in [0.2, 0.25) is 10.0 Å². The molecule has 0 saturated carbocycles. The highest BCUT2D eigenvalue weighted by Gasteiger charge is 2.21. The van der Waals surface area contributed by atoms with Crippen molar-refractivity contribution in [2.75, 3.05) is 17.1 Å². The minimum absolute atomic E-state index is 0.398. The summed E-state index contributed by atoms with van der Waals surface area (Å²) in [6.45, 7) is 4.62. The van der Waals surface area contributed by atoms with Crippen LogP contribution in [0.1, 0.15) is 23.6 Å². The van der Waals surface area contributed by atoms with Gasteiger partial charge in [-0.2, -0.15) is 5.10 Å². The van der Waals surface area contributed by atoms with Gasteiger partial charge < -0.3 is 4.74 Å². The Hall–Kier alpha value is -3.20. The third-order valence-corrected chi connectivity index (χ3v) is 4.87. The van der Waals surface area contributed by atoms with Crippen LogP contribution < -0.4 is 14.5 Å². The van der Waals surface area contributed by atoms with Crippen LogP contribution in [0.3, 0.4) is 0 Å². The average molecular weight is 417 g/mol. The maximum atomic E-state index is 12.2. The van der Waals surface area contributed by atoms with Gasteiger partial charge in [0.05, 0.1) is 18.2 Å². The van der Waals surface area contributed by atoms with Gasteiger partial charge >= 0.3 is 5.97 Å². The van der Waals surface area contributed by atoms with Crippen molar-refractivity contribution in [2.45, 2.75) is 20.8 Å². The van der Waals surface area contributed by atoms with E-state index in [1.165, 1.54) is 13.1 Å². The van der Waals surface area contributed by atoms with Gasteiger partial charge in [0.1, 0.15) is 12.3 Å². The van der Waals surface area contributed by atoms with E-state index in [9.17, 15) is 18.0 Å². The number of anilines is 1. The zero-order valence-electron chi connectivity index (χ0n) is 16.7. The number of carbonyl (C=O) groups is 2. The second-order valence-corrected chi connectivity index (χ2v) is 8.48. The molecule has 2 aromatic carbocycles. The Kier molecular flexibility index (Phi) is 7.11. The first-order chi connectivity index (χ1) is 13.5. The second-order valence-electron chi connectivity index (χ2n) is 6.57. The van der Waals surface area contributed by atoms with Crippen molar-refractivity contribution in [3.63, 3.8) is 0 Å². The number of benzene rings is 2. The number of nitrogens with zero attached hydrogens (tertiary/aromatic N) is 2. The van der Waals surface area contributed by atoms with Gasteiger partial charge in [0.15, 0.2) is 0 Å². The number of nitrogens with one attached hydrogen (secondary N) is 1. The Balaban J connectivity index is 2.05. The largest absolute Gasteiger partial charge is 0.427 e. The predicted molar refractivity (Wildman–Crippen MR) is 112 cm³/mol. The molecule has 0 fully saturated rings. The Bertz CT molecular complexity index is 1010. The molecule has 2 rings (SSSR count). The van der Waals surface area contributed by atoms with Crippen LogP contribution in [0.2, 0.25) is 0 Å². The number of esters is 1. The molecule has 0 spiro atoms. The molecule has 8 nitrogen and oxygen atoms in total. The van der Waals surface area contributed by atoms with Crippen molar-refractivity contribution in [3.8, 4) is 5.75 Å². The number of amides is 1. The Labute approximate surface area is 170 Å². The summed E-state index contributed by atoms with van der Waals surface area (Å²) >= 11 is 0. The SMILES string of the molecule is CC(=O)Oc1ccc(/C=N\NC(=O)CN(c2cc(C)cc(C)c2)S(C)(=O)=O)cc1. The molecule has 29 heavy (non-hydrogen) atoms. The molecule has 0 aliphatic rings. The fraction of sp³-hybridized carbons (Fsp3) is 0.250. The first-order valence-corrected chi connectivity index (χ1v) is 10.6. The molecule has 0 radical (unpaired) electrons. The van der Waals surface area contributed by atoms with Crippen LogP contribution in [0, 0.1) is 13.8 Å². The maximum absolute atomic E-state index is 12.2. The zero-order chi connectivity index (χ0) is 21.6. The summed E-state index contributed by atoms with van der Waals surface area (Å²) in [5.74, 6) is -0.601. The standard InChI is InChI=1S/C20H23N3O5S/c1-14-9-15(2)11-18(10-14)23(29(4,26)27)13-20(25)22-21-12-17-5-7-19(8-6-17)28-16(3)24/h5-12H,13H2,1-4H3,(H,22,25)/b21-12-. The molecule has 9 heteroatoms. The van der Waals surface area contributed by atoms with Gasteiger partial charge in [-0.3, -0.25) is 13.9 Å². The number of carbonyl (C=O) groups excluding carboxylic acids is 2. The fourth-order valence-electron chi connectivity index (χ4n) is 2.63. The van der Waals surface area contributed by atoms with Crippen LogP contribution in [0.4, 0.5) is 5.69 Å². The van der Waals surface area contributed by atoms with Crippen molar-refractivity contribution >= 4 is 33.8 Å². The lowest BCUT2D eigenvalue weighted by atomic mass is 10.1. The normalized spacial score (nSPS) is 11.3. The summed E-state index contributed by atoms with van der Waals surface area (Å²) in [6, 6.07) is 11.8. The highest BCUT2D eigenvalue weighted by atomic mass is 32.2. The van der Waals surface area contributed by atoms with Crippen LogP contribution in [0.15, 0.2) is 47.6 Å². The van der Waals surface area contributed by atoms with E-state index in [1.54, 1.807) is 36.4 Å². The van der Waals surface area contributed by atoms with E-state index >= 15 is 0 Å². The zero-order valence-corrected chi connectivity index (χ0v) is 17.5. The molecule has 0 saturated heterocycles. The average Bonchev–Trinajstić information content (AvgIpc) is 2.59. The van der Waals surface area contributed by atoms with Crippen molar-refractivity contribution < 1.29 is 22.7 Å². The molecule has 0 aromatic heterocycles. The summed E-state index contributed by atoms with van der Waals surface area (Å²) in [6.07, 6.45) is 2.45. The van der Waals surface area contributed by atoms with Gasteiger partial charge in [0.25, 0.3) is 5.91 Å². The number of sulfonamides is 1. The van der Waals surface area contributed by atoms with Crippen molar-refractivity contribution in [3.05, 3.63) is 59.2 Å². The Morgan fingerprint density at radius 3 is 2.21 bits per heavy atom. The molecule has 0 heterocycles. The van der Waals surface area contributed by atoms with E-state index in [1.807, 2.05) is 19.9 Å². The highest BCUT2D eigenvalue weighted by molar-refractivity contribution is 7.92. The van der Waals surface area contributed by atoms with Crippen molar-refractivity contribution in [1.82, 2.24) is 5.43 Å². The monoisotopic (exact) mass is 417 g/mol. The summed E-state index contributed by atoms with van der Waals surface area (Å²) < 4.78 is 30.3. The Morgan fingerprint density at radius 1 is 1.10 bits per heavy atom.